The molecule has 0 aliphatic carbocycles. The maximum Gasteiger partial charge on any atom is 0.255 e. The lowest BCUT2D eigenvalue weighted by molar-refractivity contribution is 0.0792. The summed E-state index contributed by atoms with van der Waals surface area (Å²) in [6, 6.07) is 9.32. The first-order valence-electron chi connectivity index (χ1n) is 10.8. The Morgan fingerprint density at radius 2 is 1.94 bits per heavy atom. The van der Waals surface area contributed by atoms with Crippen LogP contribution in [0.15, 0.2) is 36.4 Å². The molecule has 2 aromatic carbocycles. The van der Waals surface area contributed by atoms with Crippen molar-refractivity contribution in [2.45, 2.75) is 25.8 Å². The molecule has 1 aliphatic heterocycles. The number of imidazole rings is 1. The molecule has 10 heteroatoms. The second kappa shape index (κ2) is 10.2. The molecule has 0 radical (unpaired) electrons. The van der Waals surface area contributed by atoms with Crippen LogP contribution in [0.2, 0.25) is 10.0 Å². The number of nitrogens with one attached hydrogen (secondary N) is 2. The van der Waals surface area contributed by atoms with Gasteiger partial charge in [0.25, 0.3) is 11.8 Å². The van der Waals surface area contributed by atoms with Gasteiger partial charge in [-0.05, 0) is 49.2 Å². The third-order valence-electron chi connectivity index (χ3n) is 5.63. The molecule has 1 aliphatic rings. The molecule has 2 amide bonds. The van der Waals surface area contributed by atoms with Gasteiger partial charge in [0.2, 0.25) is 0 Å². The Balaban J connectivity index is 1.56. The Morgan fingerprint density at radius 1 is 1.18 bits per heavy atom. The number of halogens is 2. The topological polar surface area (TPSA) is 95.2 Å². The highest BCUT2D eigenvalue weighted by molar-refractivity contribution is 7.84. The summed E-state index contributed by atoms with van der Waals surface area (Å²) < 4.78 is 12.3. The van der Waals surface area contributed by atoms with E-state index in [4.69, 9.17) is 23.2 Å². The Kier molecular flexibility index (Phi) is 7.36. The molecule has 1 saturated heterocycles. The highest BCUT2D eigenvalue weighted by Gasteiger charge is 2.24. The predicted octanol–water partition coefficient (Wildman–Crippen LogP) is 4.35. The average Bonchev–Trinajstić information content (AvgIpc) is 3.47. The Morgan fingerprint density at radius 3 is 2.64 bits per heavy atom. The van der Waals surface area contributed by atoms with E-state index in [0.29, 0.717) is 33.2 Å². The van der Waals surface area contributed by atoms with Crippen molar-refractivity contribution in [2.75, 3.05) is 24.6 Å². The van der Waals surface area contributed by atoms with E-state index in [0.717, 1.165) is 31.4 Å². The first kappa shape index (κ1) is 23.7. The summed E-state index contributed by atoms with van der Waals surface area (Å²) in [5.74, 6) is 0.636. The van der Waals surface area contributed by atoms with Crippen LogP contribution in [0.4, 0.5) is 0 Å². The van der Waals surface area contributed by atoms with Crippen molar-refractivity contribution in [3.05, 3.63) is 63.4 Å². The third kappa shape index (κ3) is 5.39. The fraction of sp³-hybridized carbons (Fsp3) is 0.348. The average molecular weight is 507 g/mol. The number of carbonyl (C=O) groups excluding carboxylic acids is 2. The van der Waals surface area contributed by atoms with Crippen LogP contribution in [0.1, 0.15) is 52.3 Å². The summed E-state index contributed by atoms with van der Waals surface area (Å²) in [6.45, 7) is 3.26. The van der Waals surface area contributed by atoms with Crippen molar-refractivity contribution in [1.82, 2.24) is 20.2 Å². The summed E-state index contributed by atoms with van der Waals surface area (Å²) in [4.78, 5) is 35.2. The zero-order valence-electron chi connectivity index (χ0n) is 18.1. The number of hydrogen-bond donors (Lipinski definition) is 2. The number of amides is 2. The molecule has 2 heterocycles. The van der Waals surface area contributed by atoms with E-state index in [1.54, 1.807) is 35.2 Å². The predicted molar refractivity (Wildman–Crippen MR) is 131 cm³/mol. The molecule has 1 aromatic heterocycles. The van der Waals surface area contributed by atoms with Crippen molar-refractivity contribution in [3.8, 4) is 0 Å². The summed E-state index contributed by atoms with van der Waals surface area (Å²) in [6.07, 6.45) is 1.97. The van der Waals surface area contributed by atoms with Gasteiger partial charge in [-0.25, -0.2) is 4.98 Å². The number of hydrogen-bond acceptors (Lipinski definition) is 4. The van der Waals surface area contributed by atoms with Gasteiger partial charge in [-0.15, -0.1) is 0 Å². The molecule has 0 spiro atoms. The molecule has 2 N–H and O–H groups in total. The van der Waals surface area contributed by atoms with Crippen molar-refractivity contribution < 1.29 is 13.8 Å². The van der Waals surface area contributed by atoms with Crippen LogP contribution < -0.4 is 5.32 Å². The number of carbonyl (C=O) groups is 2. The fourth-order valence-electron chi connectivity index (χ4n) is 3.82. The summed E-state index contributed by atoms with van der Waals surface area (Å²) in [5, 5.41) is 3.70. The minimum absolute atomic E-state index is 0.124. The zero-order chi connectivity index (χ0) is 23.5. The lowest BCUT2D eigenvalue weighted by atomic mass is 10.1. The number of fused-ring (bicyclic) bond motifs is 1. The van der Waals surface area contributed by atoms with Crippen LogP contribution in [-0.2, 0) is 10.8 Å². The number of aromatic nitrogens is 2. The third-order valence-corrected chi connectivity index (χ3v) is 7.52. The Bertz CT molecular complexity index is 1220. The monoisotopic (exact) mass is 506 g/mol. The van der Waals surface area contributed by atoms with E-state index in [2.05, 4.69) is 15.3 Å². The number of benzene rings is 2. The van der Waals surface area contributed by atoms with E-state index in [1.807, 2.05) is 6.92 Å². The standard InChI is InChI=1S/C23H24Cl2N4O3S/c1-2-33(32)13-20(21-26-18-8-6-15(24)12-19(18)27-21)28-22(30)14-5-7-16(17(25)11-14)23(31)29-9-3-4-10-29/h5-8,11-12,20H,2-4,9-10,13H2,1H3,(H,26,27)(H,28,30)/t20-,33?/m0/s1. The lowest BCUT2D eigenvalue weighted by Crippen LogP contribution is -2.33. The largest absolute Gasteiger partial charge is 0.341 e. The number of likely N-dealkylation sites (tertiary alicyclic amines) is 1. The number of nitrogens with zero attached hydrogens (tertiary/aromatic N) is 2. The molecule has 33 heavy (non-hydrogen) atoms. The second-order valence-electron chi connectivity index (χ2n) is 7.90. The van der Waals surface area contributed by atoms with Crippen LogP contribution in [0, 0.1) is 0 Å². The zero-order valence-corrected chi connectivity index (χ0v) is 20.4. The van der Waals surface area contributed by atoms with Crippen molar-refractivity contribution in [3.63, 3.8) is 0 Å². The number of aromatic amines is 1. The van der Waals surface area contributed by atoms with Gasteiger partial charge in [-0.1, -0.05) is 30.1 Å². The van der Waals surface area contributed by atoms with Crippen molar-refractivity contribution in [1.29, 1.82) is 0 Å². The molecule has 3 aromatic rings. The highest BCUT2D eigenvalue weighted by Crippen LogP contribution is 2.24. The van der Waals surface area contributed by atoms with E-state index >= 15 is 0 Å². The van der Waals surface area contributed by atoms with Crippen LogP contribution in [0.25, 0.3) is 11.0 Å². The Hall–Kier alpha value is -2.42. The minimum Gasteiger partial charge on any atom is -0.341 e. The number of H-pyrrole nitrogens is 1. The first-order chi connectivity index (χ1) is 15.9. The minimum atomic E-state index is -1.15. The van der Waals surface area contributed by atoms with Gasteiger partial charge >= 0.3 is 0 Å². The van der Waals surface area contributed by atoms with Crippen molar-refractivity contribution in [2.24, 2.45) is 0 Å². The SMILES string of the molecule is CCS(=O)C[C@H](NC(=O)c1ccc(C(=O)N2CCCC2)c(Cl)c1)c1nc2ccc(Cl)cc2[nH]1. The maximum absolute atomic E-state index is 13.0. The van der Waals surface area contributed by atoms with Crippen LogP contribution in [0.3, 0.4) is 0 Å². The molecule has 7 nitrogen and oxygen atoms in total. The van der Waals surface area contributed by atoms with E-state index in [-0.39, 0.29) is 16.7 Å². The lowest BCUT2D eigenvalue weighted by Gasteiger charge is -2.18. The van der Waals surface area contributed by atoms with E-state index in [9.17, 15) is 13.8 Å². The van der Waals surface area contributed by atoms with Crippen LogP contribution in [0.5, 0.6) is 0 Å². The van der Waals surface area contributed by atoms with Gasteiger partial charge in [0.1, 0.15) is 5.82 Å². The molecule has 2 atom stereocenters. The molecule has 0 saturated carbocycles. The fourth-order valence-corrected chi connectivity index (χ4v) is 5.10. The normalized spacial score (nSPS) is 15.5. The van der Waals surface area contributed by atoms with Gasteiger partial charge in [0.05, 0.1) is 33.4 Å². The molecule has 1 unspecified atom stereocenters. The number of rotatable bonds is 7. The summed E-state index contributed by atoms with van der Waals surface area (Å²) in [7, 11) is -1.15. The van der Waals surface area contributed by atoms with Crippen LogP contribution >= 0.6 is 23.2 Å². The molecule has 1 fully saturated rings. The summed E-state index contributed by atoms with van der Waals surface area (Å²) in [5.41, 5.74) is 2.12. The molecular weight excluding hydrogens is 483 g/mol. The maximum atomic E-state index is 13.0. The van der Waals surface area contributed by atoms with Gasteiger partial charge in [0, 0.05) is 40.2 Å². The molecule has 0 bridgehead atoms. The molecule has 174 valence electrons. The quantitative estimate of drug-likeness (QED) is 0.497. The van der Waals surface area contributed by atoms with Gasteiger partial charge in [-0.2, -0.15) is 0 Å². The Labute approximate surface area is 204 Å². The smallest absolute Gasteiger partial charge is 0.255 e. The molecular formula is C23H24Cl2N4O3S. The van der Waals surface area contributed by atoms with Crippen LogP contribution in [-0.4, -0.2) is 55.5 Å². The van der Waals surface area contributed by atoms with E-state index in [1.165, 1.54) is 6.07 Å². The summed E-state index contributed by atoms with van der Waals surface area (Å²) >= 11 is 12.4. The highest BCUT2D eigenvalue weighted by atomic mass is 35.5. The second-order valence-corrected chi connectivity index (χ2v) is 10.5. The van der Waals surface area contributed by atoms with E-state index < -0.39 is 22.7 Å². The first-order valence-corrected chi connectivity index (χ1v) is 13.0. The molecule has 4 rings (SSSR count). The van der Waals surface area contributed by atoms with Crippen molar-refractivity contribution >= 4 is 56.8 Å². The van der Waals surface area contributed by atoms with Gasteiger partial charge in [0.15, 0.2) is 0 Å². The van der Waals surface area contributed by atoms with Gasteiger partial charge < -0.3 is 15.2 Å². The van der Waals surface area contributed by atoms with Gasteiger partial charge in [-0.3, -0.25) is 13.8 Å².